The standard InChI is InChI=1S/C7H16O2S/c1-5-9-7(4)10(8)6(2)3/h6-7H,5H2,1-4H3. The summed E-state index contributed by atoms with van der Waals surface area (Å²) >= 11 is 0. The Labute approximate surface area is 65.4 Å². The van der Waals surface area contributed by atoms with Gasteiger partial charge in [-0.2, -0.15) is 0 Å². The molecule has 0 aromatic rings. The third kappa shape index (κ3) is 3.32. The molecule has 0 saturated heterocycles. The van der Waals surface area contributed by atoms with Crippen LogP contribution in [0.3, 0.4) is 0 Å². The smallest absolute Gasteiger partial charge is 0.129 e. The average molecular weight is 164 g/mol. The molecule has 2 unspecified atom stereocenters. The van der Waals surface area contributed by atoms with Crippen LogP contribution in [0.2, 0.25) is 0 Å². The Morgan fingerprint density at radius 1 is 1.40 bits per heavy atom. The Balaban J connectivity index is 3.71. The van der Waals surface area contributed by atoms with E-state index in [9.17, 15) is 4.21 Å². The summed E-state index contributed by atoms with van der Waals surface area (Å²) in [4.78, 5) is 0. The minimum absolute atomic E-state index is 0.120. The minimum atomic E-state index is -0.839. The first kappa shape index (κ1) is 10.1. The molecule has 0 spiro atoms. The van der Waals surface area contributed by atoms with Crippen molar-refractivity contribution in [3.05, 3.63) is 0 Å². The van der Waals surface area contributed by atoms with Crippen molar-refractivity contribution < 1.29 is 8.95 Å². The van der Waals surface area contributed by atoms with Gasteiger partial charge in [-0.1, -0.05) is 13.8 Å². The van der Waals surface area contributed by atoms with Crippen molar-refractivity contribution in [2.75, 3.05) is 6.61 Å². The summed E-state index contributed by atoms with van der Waals surface area (Å²) in [6, 6.07) is 0. The monoisotopic (exact) mass is 164 g/mol. The molecule has 0 bridgehead atoms. The van der Waals surface area contributed by atoms with E-state index in [1.807, 2.05) is 27.7 Å². The minimum Gasteiger partial charge on any atom is -0.366 e. The van der Waals surface area contributed by atoms with Gasteiger partial charge in [0.1, 0.15) is 5.44 Å². The zero-order valence-corrected chi connectivity index (χ0v) is 7.90. The summed E-state index contributed by atoms with van der Waals surface area (Å²) < 4.78 is 16.4. The first-order valence-electron chi connectivity index (χ1n) is 3.60. The molecule has 2 atom stereocenters. The molecule has 0 rings (SSSR count). The molecule has 0 aliphatic heterocycles. The second-order valence-electron chi connectivity index (χ2n) is 2.40. The van der Waals surface area contributed by atoms with Gasteiger partial charge in [0.15, 0.2) is 0 Å². The summed E-state index contributed by atoms with van der Waals surface area (Å²) in [5.41, 5.74) is -0.120. The Morgan fingerprint density at radius 2 is 1.90 bits per heavy atom. The van der Waals surface area contributed by atoms with Gasteiger partial charge in [0.2, 0.25) is 0 Å². The van der Waals surface area contributed by atoms with Crippen molar-refractivity contribution in [3.8, 4) is 0 Å². The second-order valence-corrected chi connectivity index (χ2v) is 4.66. The van der Waals surface area contributed by atoms with E-state index in [1.165, 1.54) is 0 Å². The highest BCUT2D eigenvalue weighted by molar-refractivity contribution is 7.86. The van der Waals surface area contributed by atoms with Gasteiger partial charge in [0.25, 0.3) is 0 Å². The summed E-state index contributed by atoms with van der Waals surface area (Å²) in [5, 5.41) is 0.196. The lowest BCUT2D eigenvalue weighted by Crippen LogP contribution is -2.21. The summed E-state index contributed by atoms with van der Waals surface area (Å²) in [6.45, 7) is 8.27. The highest BCUT2D eigenvalue weighted by Crippen LogP contribution is 2.03. The maximum absolute atomic E-state index is 11.2. The van der Waals surface area contributed by atoms with E-state index in [4.69, 9.17) is 4.74 Å². The largest absolute Gasteiger partial charge is 0.366 e. The second kappa shape index (κ2) is 4.85. The summed E-state index contributed by atoms with van der Waals surface area (Å²) in [6.07, 6.45) is 0. The lowest BCUT2D eigenvalue weighted by atomic mass is 10.6. The summed E-state index contributed by atoms with van der Waals surface area (Å²) in [5.74, 6) is 0. The maximum atomic E-state index is 11.2. The normalized spacial score (nSPS) is 17.3. The quantitative estimate of drug-likeness (QED) is 0.630. The molecule has 3 heteroatoms. The van der Waals surface area contributed by atoms with Gasteiger partial charge in [-0.3, -0.25) is 4.21 Å². The average Bonchev–Trinajstić information content (AvgIpc) is 1.87. The first-order chi connectivity index (χ1) is 4.59. The van der Waals surface area contributed by atoms with Crippen LogP contribution in [-0.2, 0) is 15.5 Å². The molecular weight excluding hydrogens is 148 g/mol. The molecule has 0 fully saturated rings. The van der Waals surface area contributed by atoms with Crippen molar-refractivity contribution in [1.29, 1.82) is 0 Å². The molecule has 10 heavy (non-hydrogen) atoms. The number of rotatable bonds is 4. The number of hydrogen-bond donors (Lipinski definition) is 0. The third-order valence-electron chi connectivity index (χ3n) is 1.19. The van der Waals surface area contributed by atoms with Crippen LogP contribution in [0, 0.1) is 0 Å². The van der Waals surface area contributed by atoms with Crippen LogP contribution in [0.25, 0.3) is 0 Å². The summed E-state index contributed by atoms with van der Waals surface area (Å²) in [7, 11) is -0.839. The molecule has 0 aliphatic carbocycles. The van der Waals surface area contributed by atoms with E-state index in [0.717, 1.165) is 0 Å². The predicted octanol–water partition coefficient (Wildman–Crippen LogP) is 1.53. The van der Waals surface area contributed by atoms with Gasteiger partial charge in [-0.15, -0.1) is 0 Å². The zero-order chi connectivity index (χ0) is 8.15. The van der Waals surface area contributed by atoms with E-state index in [2.05, 4.69) is 0 Å². The Bertz CT molecular complexity index is 112. The molecule has 0 aromatic heterocycles. The molecular formula is C7H16O2S. The molecule has 0 N–H and O–H groups in total. The van der Waals surface area contributed by atoms with Crippen molar-refractivity contribution in [3.63, 3.8) is 0 Å². The SMILES string of the molecule is CCOC(C)S(=O)C(C)C. The van der Waals surface area contributed by atoms with Crippen LogP contribution in [0.4, 0.5) is 0 Å². The van der Waals surface area contributed by atoms with Crippen LogP contribution < -0.4 is 0 Å². The van der Waals surface area contributed by atoms with Crippen LogP contribution in [0.15, 0.2) is 0 Å². The van der Waals surface area contributed by atoms with Crippen molar-refractivity contribution >= 4 is 10.8 Å². The maximum Gasteiger partial charge on any atom is 0.129 e. The molecule has 62 valence electrons. The number of hydrogen-bond acceptors (Lipinski definition) is 2. The molecule has 2 nitrogen and oxygen atoms in total. The lowest BCUT2D eigenvalue weighted by Gasteiger charge is -2.13. The van der Waals surface area contributed by atoms with Gasteiger partial charge in [0, 0.05) is 11.9 Å². The van der Waals surface area contributed by atoms with Crippen molar-refractivity contribution in [2.24, 2.45) is 0 Å². The Kier molecular flexibility index (Phi) is 4.91. The Hall–Kier alpha value is 0.110. The highest BCUT2D eigenvalue weighted by atomic mass is 32.2. The van der Waals surface area contributed by atoms with E-state index in [1.54, 1.807) is 0 Å². The van der Waals surface area contributed by atoms with Gasteiger partial charge in [-0.25, -0.2) is 0 Å². The van der Waals surface area contributed by atoms with E-state index in [-0.39, 0.29) is 10.7 Å². The Morgan fingerprint density at radius 3 is 2.20 bits per heavy atom. The van der Waals surface area contributed by atoms with Crippen LogP contribution in [0.1, 0.15) is 27.7 Å². The van der Waals surface area contributed by atoms with Crippen LogP contribution in [0.5, 0.6) is 0 Å². The fourth-order valence-electron chi connectivity index (χ4n) is 0.685. The van der Waals surface area contributed by atoms with Gasteiger partial charge < -0.3 is 4.74 Å². The van der Waals surface area contributed by atoms with E-state index < -0.39 is 10.8 Å². The van der Waals surface area contributed by atoms with E-state index >= 15 is 0 Å². The zero-order valence-electron chi connectivity index (χ0n) is 7.09. The van der Waals surface area contributed by atoms with E-state index in [0.29, 0.717) is 6.61 Å². The van der Waals surface area contributed by atoms with Crippen molar-refractivity contribution in [1.82, 2.24) is 0 Å². The van der Waals surface area contributed by atoms with Crippen LogP contribution in [-0.4, -0.2) is 21.5 Å². The van der Waals surface area contributed by atoms with Gasteiger partial charge in [-0.05, 0) is 13.8 Å². The van der Waals surface area contributed by atoms with Gasteiger partial charge >= 0.3 is 0 Å². The molecule has 0 aromatic carbocycles. The molecule has 0 saturated carbocycles. The predicted molar refractivity (Wildman–Crippen MR) is 44.4 cm³/mol. The van der Waals surface area contributed by atoms with Crippen LogP contribution >= 0.6 is 0 Å². The molecule has 0 amide bonds. The molecule has 0 radical (unpaired) electrons. The number of ether oxygens (including phenoxy) is 1. The van der Waals surface area contributed by atoms with Gasteiger partial charge in [0.05, 0.1) is 10.8 Å². The fourth-order valence-corrected chi connectivity index (χ4v) is 1.72. The topological polar surface area (TPSA) is 26.3 Å². The highest BCUT2D eigenvalue weighted by Gasteiger charge is 2.13. The first-order valence-corrected chi connectivity index (χ1v) is 4.88. The van der Waals surface area contributed by atoms with Crippen molar-refractivity contribution in [2.45, 2.75) is 38.4 Å². The molecule has 0 aliphatic rings. The molecule has 0 heterocycles. The third-order valence-corrected chi connectivity index (χ3v) is 2.91. The fraction of sp³-hybridized carbons (Fsp3) is 1.00. The lowest BCUT2D eigenvalue weighted by molar-refractivity contribution is 0.133.